The lowest BCUT2D eigenvalue weighted by molar-refractivity contribution is -0.129. The molecule has 1 amide bonds. The molecule has 106 valence electrons. The normalized spacial score (nSPS) is 16.8. The smallest absolute Gasteiger partial charge is 0.233 e. The Morgan fingerprint density at radius 3 is 2.90 bits per heavy atom. The highest BCUT2D eigenvalue weighted by atomic mass is 32.2. The molecule has 0 spiro atoms. The molecule has 1 aromatic heterocycles. The van der Waals surface area contributed by atoms with Gasteiger partial charge in [0.05, 0.1) is 16.0 Å². The van der Waals surface area contributed by atoms with E-state index in [4.69, 9.17) is 5.73 Å². The van der Waals surface area contributed by atoms with Crippen molar-refractivity contribution < 1.29 is 4.79 Å². The van der Waals surface area contributed by atoms with Crippen molar-refractivity contribution in [3.8, 4) is 0 Å². The van der Waals surface area contributed by atoms with Crippen LogP contribution in [0.15, 0.2) is 28.6 Å². The number of hydrogen-bond acceptors (Lipinski definition) is 5. The van der Waals surface area contributed by atoms with Crippen molar-refractivity contribution >= 4 is 39.2 Å². The number of piperidine rings is 1. The Hall–Kier alpha value is -1.11. The molecule has 2 heterocycles. The van der Waals surface area contributed by atoms with Gasteiger partial charge in [0.25, 0.3) is 0 Å². The maximum atomic E-state index is 12.1. The highest BCUT2D eigenvalue weighted by Gasteiger charge is 2.20. The van der Waals surface area contributed by atoms with Gasteiger partial charge >= 0.3 is 0 Å². The average molecular weight is 307 g/mol. The number of para-hydroxylation sites is 1. The summed E-state index contributed by atoms with van der Waals surface area (Å²) in [6, 6.07) is 8.32. The number of amides is 1. The van der Waals surface area contributed by atoms with Crippen LogP contribution in [0.4, 0.5) is 0 Å². The van der Waals surface area contributed by atoms with Gasteiger partial charge in [-0.2, -0.15) is 0 Å². The number of carbonyl (C=O) groups is 1. The number of aromatic nitrogens is 1. The Balaban J connectivity index is 1.57. The Kier molecular flexibility index (Phi) is 4.24. The number of nitrogens with two attached hydrogens (primary N) is 1. The van der Waals surface area contributed by atoms with Gasteiger partial charge in [-0.3, -0.25) is 4.79 Å². The van der Waals surface area contributed by atoms with E-state index in [0.717, 1.165) is 35.8 Å². The van der Waals surface area contributed by atoms with E-state index in [0.29, 0.717) is 5.75 Å². The molecule has 4 nitrogen and oxygen atoms in total. The zero-order valence-electron chi connectivity index (χ0n) is 11.1. The molecule has 0 unspecified atom stereocenters. The fourth-order valence-corrected chi connectivity index (χ4v) is 4.25. The number of fused-ring (bicyclic) bond motifs is 1. The first-order valence-corrected chi connectivity index (χ1v) is 8.54. The van der Waals surface area contributed by atoms with Gasteiger partial charge in [0.1, 0.15) is 0 Å². The molecule has 1 aliphatic rings. The third-order valence-electron chi connectivity index (χ3n) is 3.49. The largest absolute Gasteiger partial charge is 0.342 e. The van der Waals surface area contributed by atoms with Gasteiger partial charge in [-0.1, -0.05) is 23.9 Å². The van der Waals surface area contributed by atoms with Gasteiger partial charge in [0.15, 0.2) is 4.34 Å². The van der Waals surface area contributed by atoms with Crippen LogP contribution < -0.4 is 5.73 Å². The number of nitrogens with zero attached hydrogens (tertiary/aromatic N) is 2. The Morgan fingerprint density at radius 2 is 2.15 bits per heavy atom. The summed E-state index contributed by atoms with van der Waals surface area (Å²) < 4.78 is 2.14. The van der Waals surface area contributed by atoms with Gasteiger partial charge in [-0.15, -0.1) is 11.3 Å². The van der Waals surface area contributed by atoms with E-state index in [2.05, 4.69) is 11.1 Å². The molecule has 0 bridgehead atoms. The average Bonchev–Trinajstić information content (AvgIpc) is 2.88. The number of hydrogen-bond donors (Lipinski definition) is 1. The third kappa shape index (κ3) is 3.13. The molecule has 0 aliphatic carbocycles. The van der Waals surface area contributed by atoms with E-state index in [-0.39, 0.29) is 11.9 Å². The SMILES string of the molecule is NC1CCN(C(=O)CSc2nc3ccccc3s2)CC1. The molecule has 1 aliphatic heterocycles. The molecule has 0 radical (unpaired) electrons. The minimum atomic E-state index is 0.196. The van der Waals surface area contributed by atoms with Crippen LogP contribution in [0.3, 0.4) is 0 Å². The van der Waals surface area contributed by atoms with E-state index >= 15 is 0 Å². The molecular weight excluding hydrogens is 290 g/mol. The molecule has 2 aromatic rings. The van der Waals surface area contributed by atoms with Crippen molar-refractivity contribution in [2.45, 2.75) is 23.2 Å². The van der Waals surface area contributed by atoms with Crippen LogP contribution in [0.25, 0.3) is 10.2 Å². The number of rotatable bonds is 3. The molecule has 3 rings (SSSR count). The summed E-state index contributed by atoms with van der Waals surface area (Å²) >= 11 is 3.18. The summed E-state index contributed by atoms with van der Waals surface area (Å²) in [4.78, 5) is 18.6. The summed E-state index contributed by atoms with van der Waals surface area (Å²) in [5.41, 5.74) is 6.86. The van der Waals surface area contributed by atoms with Crippen molar-refractivity contribution in [3.05, 3.63) is 24.3 Å². The van der Waals surface area contributed by atoms with E-state index in [1.807, 2.05) is 23.1 Å². The minimum absolute atomic E-state index is 0.196. The van der Waals surface area contributed by atoms with Gasteiger partial charge in [-0.05, 0) is 25.0 Å². The molecule has 6 heteroatoms. The Morgan fingerprint density at radius 1 is 1.40 bits per heavy atom. The van der Waals surface area contributed by atoms with Crippen LogP contribution in [0.1, 0.15) is 12.8 Å². The maximum absolute atomic E-state index is 12.1. The molecule has 2 N–H and O–H groups in total. The van der Waals surface area contributed by atoms with Crippen molar-refractivity contribution in [1.29, 1.82) is 0 Å². The first-order chi connectivity index (χ1) is 9.72. The van der Waals surface area contributed by atoms with E-state index in [1.54, 1.807) is 11.3 Å². The minimum Gasteiger partial charge on any atom is -0.342 e. The van der Waals surface area contributed by atoms with Crippen LogP contribution >= 0.6 is 23.1 Å². The first kappa shape index (κ1) is 13.9. The van der Waals surface area contributed by atoms with E-state index < -0.39 is 0 Å². The maximum Gasteiger partial charge on any atom is 0.233 e. The molecular formula is C14H17N3OS2. The van der Waals surface area contributed by atoms with Crippen LogP contribution in [-0.4, -0.2) is 40.7 Å². The predicted octanol–water partition coefficient (Wildman–Crippen LogP) is 2.34. The lowest BCUT2D eigenvalue weighted by Gasteiger charge is -2.30. The highest BCUT2D eigenvalue weighted by molar-refractivity contribution is 8.01. The molecule has 0 saturated carbocycles. The van der Waals surface area contributed by atoms with Crippen LogP contribution in [0.5, 0.6) is 0 Å². The fraction of sp³-hybridized carbons (Fsp3) is 0.429. The molecule has 20 heavy (non-hydrogen) atoms. The summed E-state index contributed by atoms with van der Waals surface area (Å²) in [6.07, 6.45) is 1.83. The van der Waals surface area contributed by atoms with Crippen molar-refractivity contribution in [2.24, 2.45) is 5.73 Å². The second kappa shape index (κ2) is 6.11. The third-order valence-corrected chi connectivity index (χ3v) is 5.65. The molecule has 1 aromatic carbocycles. The monoisotopic (exact) mass is 307 g/mol. The number of thioether (sulfide) groups is 1. The molecule has 1 fully saturated rings. The second-order valence-electron chi connectivity index (χ2n) is 4.95. The second-order valence-corrected chi connectivity index (χ2v) is 7.21. The number of likely N-dealkylation sites (tertiary alicyclic amines) is 1. The summed E-state index contributed by atoms with van der Waals surface area (Å²) in [5.74, 6) is 0.663. The van der Waals surface area contributed by atoms with Crippen LogP contribution in [0, 0.1) is 0 Å². The summed E-state index contributed by atoms with van der Waals surface area (Å²) in [5, 5.41) is 0. The van der Waals surface area contributed by atoms with Crippen molar-refractivity contribution in [1.82, 2.24) is 9.88 Å². The standard InChI is InChI=1S/C14H17N3OS2/c15-10-5-7-17(8-6-10)13(18)9-19-14-16-11-3-1-2-4-12(11)20-14/h1-4,10H,5-9,15H2. The molecule has 0 atom stereocenters. The van der Waals surface area contributed by atoms with E-state index in [1.165, 1.54) is 16.5 Å². The van der Waals surface area contributed by atoms with Gasteiger partial charge < -0.3 is 10.6 Å². The van der Waals surface area contributed by atoms with Gasteiger partial charge in [0.2, 0.25) is 5.91 Å². The lowest BCUT2D eigenvalue weighted by Crippen LogP contribution is -2.43. The zero-order valence-corrected chi connectivity index (χ0v) is 12.8. The Labute approximate surface area is 126 Å². The quantitative estimate of drug-likeness (QED) is 0.884. The van der Waals surface area contributed by atoms with Crippen LogP contribution in [0.2, 0.25) is 0 Å². The topological polar surface area (TPSA) is 59.2 Å². The number of benzene rings is 1. The number of thiazole rings is 1. The van der Waals surface area contributed by atoms with Crippen molar-refractivity contribution in [2.75, 3.05) is 18.8 Å². The first-order valence-electron chi connectivity index (χ1n) is 6.74. The lowest BCUT2D eigenvalue weighted by atomic mass is 10.1. The summed E-state index contributed by atoms with van der Waals surface area (Å²) in [7, 11) is 0. The highest BCUT2D eigenvalue weighted by Crippen LogP contribution is 2.29. The summed E-state index contributed by atoms with van der Waals surface area (Å²) in [6.45, 7) is 1.58. The molecule has 1 saturated heterocycles. The van der Waals surface area contributed by atoms with Crippen LogP contribution in [-0.2, 0) is 4.79 Å². The Bertz CT molecular complexity index is 572. The van der Waals surface area contributed by atoms with E-state index in [9.17, 15) is 4.79 Å². The fourth-order valence-electron chi connectivity index (χ4n) is 2.28. The van der Waals surface area contributed by atoms with Gasteiger partial charge in [0, 0.05) is 19.1 Å². The predicted molar refractivity (Wildman–Crippen MR) is 84.1 cm³/mol. The number of carbonyl (C=O) groups excluding carboxylic acids is 1. The van der Waals surface area contributed by atoms with Crippen molar-refractivity contribution in [3.63, 3.8) is 0 Å². The van der Waals surface area contributed by atoms with Gasteiger partial charge in [-0.25, -0.2) is 4.98 Å². The zero-order chi connectivity index (χ0) is 13.9.